The summed E-state index contributed by atoms with van der Waals surface area (Å²) >= 11 is 0.463. The van der Waals surface area contributed by atoms with Crippen LogP contribution in [0.1, 0.15) is 6.92 Å². The van der Waals surface area contributed by atoms with Gasteiger partial charge in [-0.05, 0) is 0 Å². The maximum atomic E-state index is 11.4. The molecule has 0 aromatic rings. The van der Waals surface area contributed by atoms with Crippen molar-refractivity contribution in [3.05, 3.63) is 12.3 Å². The van der Waals surface area contributed by atoms with Gasteiger partial charge in [0.1, 0.15) is 0 Å². The fraction of sp³-hybridized carbons (Fsp3) is 0.625. The second-order valence-electron chi connectivity index (χ2n) is 3.12. The number of allylic oxidation sites excluding steroid dienone is 1. The fourth-order valence-electron chi connectivity index (χ4n) is 1.61. The van der Waals surface area contributed by atoms with Crippen LogP contribution in [-0.2, 0) is 4.79 Å². The molecule has 2 rings (SSSR count). The normalized spacial score (nSPS) is 35.8. The summed E-state index contributed by atoms with van der Waals surface area (Å²) in [5, 5.41) is 10.4. The molecule has 2 aliphatic heterocycles. The van der Waals surface area contributed by atoms with Crippen LogP contribution in [0.5, 0.6) is 0 Å². The molecule has 66 valence electrons. The summed E-state index contributed by atoms with van der Waals surface area (Å²) in [5.41, 5.74) is 0. The number of β-lactam (4-membered cyclic amide) rings is 1. The van der Waals surface area contributed by atoms with Gasteiger partial charge in [0.05, 0.1) is 0 Å². The van der Waals surface area contributed by atoms with Gasteiger partial charge in [-0.15, -0.1) is 0 Å². The predicted molar refractivity (Wildman–Crippen MR) is 45.5 cm³/mol. The number of carbonyl (C=O) groups excluding carboxylic acids is 1. The van der Waals surface area contributed by atoms with E-state index in [0.29, 0.717) is 19.9 Å². The number of amides is 1. The molecular formula is C8H11NO2Se. The third-order valence-corrected chi connectivity index (χ3v) is 4.89. The van der Waals surface area contributed by atoms with Crippen molar-refractivity contribution in [2.75, 3.05) is 0 Å². The molecule has 2 heterocycles. The molecule has 0 radical (unpaired) electrons. The van der Waals surface area contributed by atoms with Gasteiger partial charge in [-0.25, -0.2) is 0 Å². The maximum absolute atomic E-state index is 11.4. The Bertz CT molecular complexity index is 239. The Morgan fingerprint density at radius 3 is 3.25 bits per heavy atom. The van der Waals surface area contributed by atoms with Crippen molar-refractivity contribution < 1.29 is 9.90 Å². The van der Waals surface area contributed by atoms with Crippen molar-refractivity contribution in [2.45, 2.75) is 23.3 Å². The molecule has 3 atom stereocenters. The van der Waals surface area contributed by atoms with Gasteiger partial charge < -0.3 is 0 Å². The number of hydrogen-bond acceptors (Lipinski definition) is 2. The van der Waals surface area contributed by atoms with Crippen LogP contribution in [0.2, 0.25) is 5.32 Å². The van der Waals surface area contributed by atoms with Crippen molar-refractivity contribution >= 4 is 20.9 Å². The molecule has 1 fully saturated rings. The molecule has 0 spiro atoms. The summed E-state index contributed by atoms with van der Waals surface area (Å²) in [6, 6.07) is 0. The van der Waals surface area contributed by atoms with E-state index in [-0.39, 0.29) is 11.8 Å². The van der Waals surface area contributed by atoms with Gasteiger partial charge in [0.2, 0.25) is 0 Å². The Kier molecular flexibility index (Phi) is 1.99. The Morgan fingerprint density at radius 2 is 2.58 bits per heavy atom. The molecule has 4 heteroatoms. The standard InChI is InChI=1S/C8H11NO2Se/c1-5(10)6-7(11)9-3-2-4-12-8(6)9/h2-3,5-6,8,10H,4H2,1H3/t5-,6+,8-/m1/s1. The number of nitrogens with zero attached hydrogens (tertiary/aromatic N) is 1. The van der Waals surface area contributed by atoms with Gasteiger partial charge in [0, 0.05) is 0 Å². The van der Waals surface area contributed by atoms with Crippen LogP contribution in [-0.4, -0.2) is 41.9 Å². The third-order valence-electron chi connectivity index (χ3n) is 2.27. The number of hydrogen-bond donors (Lipinski definition) is 1. The summed E-state index contributed by atoms with van der Waals surface area (Å²) in [6.07, 6.45) is 3.41. The number of carbonyl (C=O) groups is 1. The Labute approximate surface area is 77.6 Å². The summed E-state index contributed by atoms with van der Waals surface area (Å²) in [4.78, 5) is 13.5. The Hall–Kier alpha value is -0.311. The molecule has 0 unspecified atom stereocenters. The van der Waals surface area contributed by atoms with Crippen LogP contribution in [0.4, 0.5) is 0 Å². The van der Waals surface area contributed by atoms with Gasteiger partial charge in [0.25, 0.3) is 0 Å². The molecular weight excluding hydrogens is 221 g/mol. The zero-order valence-corrected chi connectivity index (χ0v) is 8.52. The minimum absolute atomic E-state index is 0.0906. The van der Waals surface area contributed by atoms with Crippen LogP contribution < -0.4 is 0 Å². The van der Waals surface area contributed by atoms with Gasteiger partial charge in [-0.1, -0.05) is 0 Å². The Balaban J connectivity index is 2.13. The number of rotatable bonds is 1. The molecule has 3 nitrogen and oxygen atoms in total. The summed E-state index contributed by atoms with van der Waals surface area (Å²) in [7, 11) is 0. The van der Waals surface area contributed by atoms with Crippen LogP contribution in [0.25, 0.3) is 0 Å². The van der Waals surface area contributed by atoms with E-state index < -0.39 is 6.10 Å². The molecule has 12 heavy (non-hydrogen) atoms. The topological polar surface area (TPSA) is 40.5 Å². The van der Waals surface area contributed by atoms with E-state index in [1.807, 2.05) is 12.3 Å². The first-order valence-electron chi connectivity index (χ1n) is 4.00. The quantitative estimate of drug-likeness (QED) is 0.502. The van der Waals surface area contributed by atoms with Crippen molar-refractivity contribution in [1.29, 1.82) is 0 Å². The molecule has 0 bridgehead atoms. The van der Waals surface area contributed by atoms with E-state index in [2.05, 4.69) is 0 Å². The molecule has 0 saturated carbocycles. The van der Waals surface area contributed by atoms with E-state index in [1.54, 1.807) is 11.8 Å². The fourth-order valence-corrected chi connectivity index (χ4v) is 4.29. The molecule has 0 aromatic heterocycles. The zero-order chi connectivity index (χ0) is 8.72. The summed E-state index contributed by atoms with van der Waals surface area (Å²) in [5.74, 6) is -0.0252. The van der Waals surface area contributed by atoms with E-state index in [4.69, 9.17) is 0 Å². The second kappa shape index (κ2) is 2.87. The molecule has 1 N–H and O–H groups in total. The van der Waals surface area contributed by atoms with Crippen LogP contribution in [0.15, 0.2) is 12.3 Å². The number of aliphatic hydroxyl groups excluding tert-OH is 1. The van der Waals surface area contributed by atoms with Crippen molar-refractivity contribution in [1.82, 2.24) is 4.90 Å². The van der Waals surface area contributed by atoms with E-state index in [0.717, 1.165) is 5.32 Å². The van der Waals surface area contributed by atoms with E-state index in [1.165, 1.54) is 0 Å². The van der Waals surface area contributed by atoms with Gasteiger partial charge in [0.15, 0.2) is 0 Å². The first-order chi connectivity index (χ1) is 5.72. The molecule has 0 aliphatic carbocycles. The van der Waals surface area contributed by atoms with E-state index >= 15 is 0 Å². The van der Waals surface area contributed by atoms with Crippen LogP contribution >= 0.6 is 0 Å². The first kappa shape index (κ1) is 8.30. The second-order valence-corrected chi connectivity index (χ2v) is 5.53. The van der Waals surface area contributed by atoms with Gasteiger partial charge >= 0.3 is 77.1 Å². The SMILES string of the molecule is C[C@@H](O)[C@H]1C(=O)N2C=CC[Se][C@H]12. The van der Waals surface area contributed by atoms with Crippen LogP contribution in [0.3, 0.4) is 0 Å². The summed E-state index contributed by atoms with van der Waals surface area (Å²) in [6.45, 7) is 1.70. The molecule has 1 amide bonds. The predicted octanol–water partition coefficient (Wildman–Crippen LogP) is -0.199. The van der Waals surface area contributed by atoms with Crippen LogP contribution in [0, 0.1) is 5.92 Å². The van der Waals surface area contributed by atoms with Crippen molar-refractivity contribution in [3.8, 4) is 0 Å². The number of aliphatic hydroxyl groups is 1. The van der Waals surface area contributed by atoms with Gasteiger partial charge in [-0.2, -0.15) is 0 Å². The number of fused-ring (bicyclic) bond motifs is 1. The van der Waals surface area contributed by atoms with E-state index in [9.17, 15) is 9.90 Å². The van der Waals surface area contributed by atoms with Crippen molar-refractivity contribution in [2.24, 2.45) is 5.92 Å². The average Bonchev–Trinajstić information content (AvgIpc) is 2.03. The van der Waals surface area contributed by atoms with Gasteiger partial charge in [-0.3, -0.25) is 0 Å². The zero-order valence-electron chi connectivity index (χ0n) is 6.80. The van der Waals surface area contributed by atoms with Crippen molar-refractivity contribution in [3.63, 3.8) is 0 Å². The molecule has 2 aliphatic rings. The monoisotopic (exact) mass is 233 g/mol. The third kappa shape index (κ3) is 1.03. The first-order valence-corrected chi connectivity index (χ1v) is 6.20. The molecule has 1 saturated heterocycles. The minimum atomic E-state index is -0.480. The summed E-state index contributed by atoms with van der Waals surface area (Å²) < 4.78 is 0. The average molecular weight is 232 g/mol. The Morgan fingerprint density at radius 1 is 1.83 bits per heavy atom. The molecule has 0 aromatic carbocycles.